The summed E-state index contributed by atoms with van der Waals surface area (Å²) in [6.45, 7) is 3.87. The van der Waals surface area contributed by atoms with Gasteiger partial charge in [-0.1, -0.05) is 18.8 Å². The van der Waals surface area contributed by atoms with Crippen LogP contribution in [0, 0.1) is 17.3 Å². The van der Waals surface area contributed by atoms with Crippen LogP contribution in [0.15, 0.2) is 48.5 Å². The zero-order chi connectivity index (χ0) is 19.6. The molecule has 0 aromatic heterocycles. The fourth-order valence-electron chi connectivity index (χ4n) is 2.96. The van der Waals surface area contributed by atoms with Gasteiger partial charge in [-0.2, -0.15) is 0 Å². The third-order valence-electron chi connectivity index (χ3n) is 4.80. The first-order chi connectivity index (χ1) is 13.5. The number of nitrogens with one attached hydrogen (secondary N) is 1. The van der Waals surface area contributed by atoms with E-state index in [9.17, 15) is 4.79 Å². The molecule has 3 heterocycles. The molecule has 1 amide bonds. The van der Waals surface area contributed by atoms with Gasteiger partial charge in [0.15, 0.2) is 0 Å². The molecule has 144 valence electrons. The normalized spacial score (nSPS) is 25.6. The summed E-state index contributed by atoms with van der Waals surface area (Å²) in [7, 11) is 0. The second-order valence-corrected chi connectivity index (χ2v) is 7.49. The van der Waals surface area contributed by atoms with E-state index in [1.165, 1.54) is 0 Å². The zero-order valence-electron chi connectivity index (χ0n) is 15.7. The van der Waals surface area contributed by atoms with E-state index in [1.54, 1.807) is 12.1 Å². The van der Waals surface area contributed by atoms with Gasteiger partial charge in [0.05, 0.1) is 26.4 Å². The van der Waals surface area contributed by atoms with E-state index in [4.69, 9.17) is 19.9 Å². The van der Waals surface area contributed by atoms with Gasteiger partial charge in [0.25, 0.3) is 5.91 Å². The highest BCUT2D eigenvalue weighted by Gasteiger charge is 2.50. The van der Waals surface area contributed by atoms with Crippen LogP contribution in [-0.4, -0.2) is 38.2 Å². The molecule has 3 saturated heterocycles. The fraction of sp³-hybridized carbons (Fsp3) is 0.318. The van der Waals surface area contributed by atoms with Crippen LogP contribution in [0.4, 0.5) is 5.69 Å². The molecule has 28 heavy (non-hydrogen) atoms. The van der Waals surface area contributed by atoms with E-state index in [0.29, 0.717) is 31.1 Å². The Morgan fingerprint density at radius 1 is 0.964 bits per heavy atom. The van der Waals surface area contributed by atoms with Crippen LogP contribution in [-0.2, 0) is 14.2 Å². The maximum atomic E-state index is 12.4. The molecule has 0 saturated carbocycles. The standard InChI is InChI=1S/C22H22N2O4/c1-21-13-26-22(27-14-21,28-15-21)12-24-20(25)18-8-4-16(5-9-18)2-3-17-6-10-19(23)11-7-17/h4-11H,12-15,23H2,1H3,(H,24,25). The van der Waals surface area contributed by atoms with Crippen molar-refractivity contribution in [1.82, 2.24) is 5.32 Å². The maximum absolute atomic E-state index is 12.4. The van der Waals surface area contributed by atoms with Gasteiger partial charge < -0.3 is 25.3 Å². The van der Waals surface area contributed by atoms with Crippen LogP contribution < -0.4 is 11.1 Å². The molecule has 3 fully saturated rings. The lowest BCUT2D eigenvalue weighted by atomic mass is 9.92. The second-order valence-electron chi connectivity index (χ2n) is 7.49. The molecule has 2 bridgehead atoms. The van der Waals surface area contributed by atoms with Crippen LogP contribution in [0.1, 0.15) is 28.4 Å². The fourth-order valence-corrected chi connectivity index (χ4v) is 2.96. The number of fused-ring (bicyclic) bond motifs is 3. The van der Waals surface area contributed by atoms with Gasteiger partial charge in [-0.05, 0) is 48.5 Å². The summed E-state index contributed by atoms with van der Waals surface area (Å²) >= 11 is 0. The van der Waals surface area contributed by atoms with E-state index in [2.05, 4.69) is 17.2 Å². The second kappa shape index (κ2) is 7.28. The predicted octanol–water partition coefficient (Wildman–Crippen LogP) is 2.14. The topological polar surface area (TPSA) is 82.8 Å². The molecular formula is C22H22N2O4. The van der Waals surface area contributed by atoms with Gasteiger partial charge in [-0.3, -0.25) is 4.79 Å². The van der Waals surface area contributed by atoms with Gasteiger partial charge in [0.2, 0.25) is 0 Å². The summed E-state index contributed by atoms with van der Waals surface area (Å²) < 4.78 is 17.0. The van der Waals surface area contributed by atoms with E-state index in [0.717, 1.165) is 11.1 Å². The van der Waals surface area contributed by atoms with Crippen molar-refractivity contribution in [2.45, 2.75) is 12.9 Å². The Hall–Kier alpha value is -2.85. The van der Waals surface area contributed by atoms with E-state index in [-0.39, 0.29) is 17.9 Å². The first-order valence-corrected chi connectivity index (χ1v) is 9.13. The Balaban J connectivity index is 1.35. The Labute approximate surface area is 164 Å². The number of nitrogen functional groups attached to an aromatic ring is 1. The van der Waals surface area contributed by atoms with Crippen molar-refractivity contribution in [2.75, 3.05) is 32.1 Å². The van der Waals surface area contributed by atoms with Crippen molar-refractivity contribution >= 4 is 11.6 Å². The summed E-state index contributed by atoms with van der Waals surface area (Å²) in [5, 5.41) is 2.82. The summed E-state index contributed by atoms with van der Waals surface area (Å²) in [4.78, 5) is 12.4. The molecule has 5 rings (SSSR count). The minimum Gasteiger partial charge on any atom is -0.399 e. The Morgan fingerprint density at radius 2 is 1.46 bits per heavy atom. The van der Waals surface area contributed by atoms with Crippen LogP contribution >= 0.6 is 0 Å². The van der Waals surface area contributed by atoms with Gasteiger partial charge >= 0.3 is 5.97 Å². The van der Waals surface area contributed by atoms with Gasteiger partial charge in [0.1, 0.15) is 0 Å². The Kier molecular flexibility index (Phi) is 4.82. The number of carbonyl (C=O) groups excluding carboxylic acids is 1. The smallest absolute Gasteiger partial charge is 0.301 e. The number of hydrogen-bond acceptors (Lipinski definition) is 5. The number of nitrogens with two attached hydrogens (primary N) is 1. The average Bonchev–Trinajstić information content (AvgIpc) is 2.73. The highest BCUT2D eigenvalue weighted by molar-refractivity contribution is 5.94. The lowest BCUT2D eigenvalue weighted by Crippen LogP contribution is -2.62. The third kappa shape index (κ3) is 4.02. The van der Waals surface area contributed by atoms with E-state index >= 15 is 0 Å². The largest absolute Gasteiger partial charge is 0.399 e. The molecular weight excluding hydrogens is 356 g/mol. The number of benzene rings is 2. The lowest BCUT2D eigenvalue weighted by molar-refractivity contribution is -0.461. The number of rotatable bonds is 3. The number of hydrogen-bond donors (Lipinski definition) is 2. The van der Waals surface area contributed by atoms with Crippen LogP contribution in [0.25, 0.3) is 0 Å². The number of ether oxygens (including phenoxy) is 3. The van der Waals surface area contributed by atoms with Crippen molar-refractivity contribution in [3.63, 3.8) is 0 Å². The van der Waals surface area contributed by atoms with Crippen molar-refractivity contribution in [1.29, 1.82) is 0 Å². The van der Waals surface area contributed by atoms with Crippen molar-refractivity contribution in [2.24, 2.45) is 5.41 Å². The predicted molar refractivity (Wildman–Crippen MR) is 104 cm³/mol. The molecule has 0 radical (unpaired) electrons. The summed E-state index contributed by atoms with van der Waals surface area (Å²) in [5.74, 6) is 4.75. The molecule has 0 atom stereocenters. The highest BCUT2D eigenvalue weighted by Crippen LogP contribution is 2.37. The first-order valence-electron chi connectivity index (χ1n) is 9.13. The first kappa shape index (κ1) is 18.5. The third-order valence-corrected chi connectivity index (χ3v) is 4.80. The van der Waals surface area contributed by atoms with Crippen LogP contribution in [0.2, 0.25) is 0 Å². The number of amides is 1. The molecule has 0 spiro atoms. The minimum absolute atomic E-state index is 0.102. The van der Waals surface area contributed by atoms with E-state index in [1.807, 2.05) is 43.3 Å². The Bertz CT molecular complexity index is 901. The SMILES string of the molecule is CC12COC(CNC(=O)c3ccc(C#Cc4ccc(N)cc4)cc3)(OC1)OC2. The van der Waals surface area contributed by atoms with Crippen molar-refractivity contribution in [3.8, 4) is 11.8 Å². The molecule has 0 unspecified atom stereocenters. The van der Waals surface area contributed by atoms with E-state index < -0.39 is 5.97 Å². The van der Waals surface area contributed by atoms with Crippen LogP contribution in [0.3, 0.4) is 0 Å². The van der Waals surface area contributed by atoms with Crippen molar-refractivity contribution in [3.05, 3.63) is 65.2 Å². The zero-order valence-corrected chi connectivity index (χ0v) is 15.7. The van der Waals surface area contributed by atoms with Gasteiger partial charge in [-0.25, -0.2) is 0 Å². The summed E-state index contributed by atoms with van der Waals surface area (Å²) in [6.07, 6.45) is 0. The monoisotopic (exact) mass is 378 g/mol. The molecule has 3 aliphatic rings. The van der Waals surface area contributed by atoms with Crippen LogP contribution in [0.5, 0.6) is 0 Å². The molecule has 6 heteroatoms. The minimum atomic E-state index is -1.17. The van der Waals surface area contributed by atoms with Gasteiger partial charge in [-0.15, -0.1) is 0 Å². The lowest BCUT2D eigenvalue weighted by Gasteiger charge is -2.50. The highest BCUT2D eigenvalue weighted by atomic mass is 16.9. The summed E-state index contributed by atoms with van der Waals surface area (Å²) in [5.41, 5.74) is 8.50. The molecule has 6 nitrogen and oxygen atoms in total. The molecule has 2 aromatic carbocycles. The van der Waals surface area contributed by atoms with Gasteiger partial charge in [0, 0.05) is 27.8 Å². The summed E-state index contributed by atoms with van der Waals surface area (Å²) in [6, 6.07) is 14.5. The quantitative estimate of drug-likeness (QED) is 0.632. The molecule has 3 aliphatic heterocycles. The molecule has 3 N–H and O–H groups in total. The molecule has 0 aliphatic carbocycles. The van der Waals surface area contributed by atoms with Crippen molar-refractivity contribution < 1.29 is 19.0 Å². The number of carbonyl (C=O) groups is 1. The average molecular weight is 378 g/mol. The molecule has 2 aromatic rings. The maximum Gasteiger partial charge on any atom is 0.301 e. The Morgan fingerprint density at radius 3 is 2.00 bits per heavy atom. The number of anilines is 1.